The van der Waals surface area contributed by atoms with E-state index in [9.17, 15) is 4.79 Å². The van der Waals surface area contributed by atoms with Crippen molar-refractivity contribution in [3.63, 3.8) is 0 Å². The molecule has 0 saturated carbocycles. The van der Waals surface area contributed by atoms with Gasteiger partial charge in [-0.1, -0.05) is 43.0 Å². The van der Waals surface area contributed by atoms with Crippen molar-refractivity contribution in [3.05, 3.63) is 90.1 Å². The Morgan fingerprint density at radius 3 is 2.64 bits per heavy atom. The maximum atomic E-state index is 11.8. The second kappa shape index (κ2) is 11.9. The van der Waals surface area contributed by atoms with Gasteiger partial charge in [-0.15, -0.1) is 0 Å². The fraction of sp³-hybridized carbons (Fsp3) is 0.259. The van der Waals surface area contributed by atoms with Gasteiger partial charge < -0.3 is 19.3 Å². The summed E-state index contributed by atoms with van der Waals surface area (Å²) in [4.78, 5) is 16.4. The molecule has 0 bridgehead atoms. The average Bonchev–Trinajstić information content (AvgIpc) is 2.82. The Bertz CT molecular complexity index is 1120. The Balaban J connectivity index is 1.91. The summed E-state index contributed by atoms with van der Waals surface area (Å²) in [5.74, 6) is 0.278. The number of benzene rings is 2. The largest absolute Gasteiger partial charge is 0.491 e. The van der Waals surface area contributed by atoms with Crippen LogP contribution >= 0.6 is 0 Å². The summed E-state index contributed by atoms with van der Waals surface area (Å²) >= 11 is 0. The lowest BCUT2D eigenvalue weighted by atomic mass is 9.96. The molecule has 0 unspecified atom stereocenters. The van der Waals surface area contributed by atoms with Gasteiger partial charge in [0.05, 0.1) is 18.7 Å². The monoisotopic (exact) mass is 447 g/mol. The van der Waals surface area contributed by atoms with Crippen molar-refractivity contribution in [2.75, 3.05) is 26.9 Å². The molecule has 0 aliphatic carbocycles. The number of hydrogen-bond acceptors (Lipinski definition) is 6. The average molecular weight is 448 g/mol. The van der Waals surface area contributed by atoms with Crippen molar-refractivity contribution in [3.8, 4) is 5.75 Å². The number of pyridine rings is 1. The van der Waals surface area contributed by atoms with E-state index in [1.165, 1.54) is 6.92 Å². The zero-order chi connectivity index (χ0) is 23.6. The Hall–Kier alpha value is -3.48. The first kappa shape index (κ1) is 24.2. The van der Waals surface area contributed by atoms with E-state index in [4.69, 9.17) is 19.3 Å². The summed E-state index contributed by atoms with van der Waals surface area (Å²) in [6, 6.07) is 17.3. The minimum Gasteiger partial charge on any atom is -0.491 e. The molecule has 0 aliphatic rings. The number of carbonyl (C=O) groups is 1. The van der Waals surface area contributed by atoms with Crippen molar-refractivity contribution in [2.45, 2.75) is 19.4 Å². The zero-order valence-corrected chi connectivity index (χ0v) is 19.0. The lowest BCUT2D eigenvalue weighted by Gasteiger charge is -2.18. The first-order valence-electron chi connectivity index (χ1n) is 10.7. The third-order valence-electron chi connectivity index (χ3n) is 5.06. The van der Waals surface area contributed by atoms with Gasteiger partial charge in [-0.05, 0) is 41.0 Å². The molecule has 33 heavy (non-hydrogen) atoms. The highest BCUT2D eigenvalue weighted by molar-refractivity contribution is 5.86. The third-order valence-corrected chi connectivity index (χ3v) is 5.06. The number of rotatable bonds is 11. The van der Waals surface area contributed by atoms with Crippen LogP contribution in [0.4, 0.5) is 0 Å². The minimum atomic E-state index is -0.479. The predicted octanol–water partition coefficient (Wildman–Crippen LogP) is 4.89. The summed E-state index contributed by atoms with van der Waals surface area (Å²) in [5.41, 5.74) is 4.38. The van der Waals surface area contributed by atoms with Crippen molar-refractivity contribution >= 4 is 22.4 Å². The molecule has 1 aromatic heterocycles. The van der Waals surface area contributed by atoms with Gasteiger partial charge in [-0.25, -0.2) is 0 Å². The van der Waals surface area contributed by atoms with E-state index in [-0.39, 0.29) is 19.2 Å². The van der Waals surface area contributed by atoms with Gasteiger partial charge in [0.2, 0.25) is 0 Å². The van der Waals surface area contributed by atoms with Crippen LogP contribution in [0.3, 0.4) is 0 Å². The van der Waals surface area contributed by atoms with Gasteiger partial charge in [0.1, 0.15) is 18.5 Å². The second-order valence-corrected chi connectivity index (χ2v) is 7.55. The van der Waals surface area contributed by atoms with Crippen LogP contribution < -0.4 is 4.74 Å². The molecule has 0 spiro atoms. The minimum absolute atomic E-state index is 0.0552. The number of aliphatic hydroxyl groups is 1. The molecule has 6 heteroatoms. The molecule has 6 nitrogen and oxygen atoms in total. The molecule has 0 fully saturated rings. The molecule has 3 rings (SSSR count). The van der Waals surface area contributed by atoms with E-state index in [2.05, 4.69) is 17.6 Å². The zero-order valence-electron chi connectivity index (χ0n) is 19.0. The molecule has 1 atom stereocenters. The topological polar surface area (TPSA) is 77.9 Å². The number of esters is 1. The van der Waals surface area contributed by atoms with Gasteiger partial charge in [0, 0.05) is 37.6 Å². The number of aliphatic hydroxyl groups excluding tert-OH is 1. The Morgan fingerprint density at radius 2 is 1.94 bits per heavy atom. The van der Waals surface area contributed by atoms with E-state index in [1.54, 1.807) is 19.2 Å². The Labute approximate surface area is 194 Å². The smallest absolute Gasteiger partial charge is 0.303 e. The third kappa shape index (κ3) is 6.75. The molecule has 0 radical (unpaired) electrons. The van der Waals surface area contributed by atoms with Gasteiger partial charge in [-0.3, -0.25) is 9.78 Å². The molecular formula is C27H29NO5. The SMILES string of the molecule is C=C(COC)/C(=C/C[C@@H](OC(C)=O)c1ccc(OCCO)cc1)c1cnc2ccccc2c1. The predicted molar refractivity (Wildman–Crippen MR) is 129 cm³/mol. The molecule has 1 N–H and O–H groups in total. The van der Waals surface area contributed by atoms with Crippen LogP contribution in [0.15, 0.2) is 79.0 Å². The summed E-state index contributed by atoms with van der Waals surface area (Å²) in [6.07, 6.45) is 3.80. The van der Waals surface area contributed by atoms with Crippen LogP contribution in [0.5, 0.6) is 5.75 Å². The van der Waals surface area contributed by atoms with Crippen molar-refractivity contribution < 1.29 is 24.1 Å². The fourth-order valence-electron chi connectivity index (χ4n) is 3.56. The highest BCUT2D eigenvalue weighted by Gasteiger charge is 2.16. The molecule has 3 aromatic rings. The van der Waals surface area contributed by atoms with Crippen molar-refractivity contribution in [1.82, 2.24) is 4.98 Å². The molecular weight excluding hydrogens is 418 g/mol. The summed E-state index contributed by atoms with van der Waals surface area (Å²) < 4.78 is 16.3. The Kier molecular flexibility index (Phi) is 8.75. The van der Waals surface area contributed by atoms with E-state index >= 15 is 0 Å². The van der Waals surface area contributed by atoms with Crippen molar-refractivity contribution in [2.24, 2.45) is 0 Å². The fourth-order valence-corrected chi connectivity index (χ4v) is 3.56. The first-order valence-corrected chi connectivity index (χ1v) is 10.7. The molecule has 1 heterocycles. The quantitative estimate of drug-likeness (QED) is 0.333. The number of para-hydroxylation sites is 1. The van der Waals surface area contributed by atoms with Crippen LogP contribution in [0.25, 0.3) is 16.5 Å². The Morgan fingerprint density at radius 1 is 1.18 bits per heavy atom. The summed E-state index contributed by atoms with van der Waals surface area (Å²) in [5, 5.41) is 9.95. The number of methoxy groups -OCH3 is 1. The molecule has 172 valence electrons. The van der Waals surface area contributed by atoms with Crippen molar-refractivity contribution in [1.29, 1.82) is 0 Å². The summed E-state index contributed by atoms with van der Waals surface area (Å²) in [7, 11) is 1.63. The number of nitrogens with zero attached hydrogens (tertiary/aromatic N) is 1. The van der Waals surface area contributed by atoms with Crippen LogP contribution in [0, 0.1) is 0 Å². The highest BCUT2D eigenvalue weighted by Crippen LogP contribution is 2.30. The highest BCUT2D eigenvalue weighted by atomic mass is 16.5. The van der Waals surface area contributed by atoms with Crippen LogP contribution in [0.2, 0.25) is 0 Å². The number of aromatic nitrogens is 1. The molecule has 0 amide bonds. The van der Waals surface area contributed by atoms with Crippen LogP contribution in [-0.4, -0.2) is 43.0 Å². The molecule has 0 saturated heterocycles. The lowest BCUT2D eigenvalue weighted by Crippen LogP contribution is -2.09. The van der Waals surface area contributed by atoms with E-state index in [0.717, 1.165) is 33.2 Å². The van der Waals surface area contributed by atoms with Gasteiger partial charge in [0.25, 0.3) is 0 Å². The standard InChI is InChI=1S/C27H29NO5/c1-19(18-31-3)25(23-16-22-6-4-5-7-26(22)28-17-23)12-13-27(33-20(2)30)21-8-10-24(11-9-21)32-15-14-29/h4-12,16-17,27,29H,1,13-15,18H2,2-3H3/b25-12-/t27-/m1/s1. The number of fused-ring (bicyclic) bond motifs is 1. The normalized spacial score (nSPS) is 12.4. The maximum absolute atomic E-state index is 11.8. The maximum Gasteiger partial charge on any atom is 0.303 e. The molecule has 0 aliphatic heterocycles. The molecule has 2 aromatic carbocycles. The second-order valence-electron chi connectivity index (χ2n) is 7.55. The summed E-state index contributed by atoms with van der Waals surface area (Å²) in [6.45, 7) is 6.12. The number of ether oxygens (including phenoxy) is 3. The van der Waals surface area contributed by atoms with Gasteiger partial charge in [0.15, 0.2) is 0 Å². The number of carbonyl (C=O) groups excluding carboxylic acids is 1. The van der Waals surface area contributed by atoms with Crippen LogP contribution in [-0.2, 0) is 14.3 Å². The first-order chi connectivity index (χ1) is 16.0. The number of hydrogen-bond donors (Lipinski definition) is 1. The van der Waals surface area contributed by atoms with Gasteiger partial charge >= 0.3 is 5.97 Å². The van der Waals surface area contributed by atoms with E-state index < -0.39 is 6.10 Å². The van der Waals surface area contributed by atoms with E-state index in [1.807, 2.05) is 48.7 Å². The van der Waals surface area contributed by atoms with Crippen LogP contribution in [0.1, 0.15) is 30.6 Å². The van der Waals surface area contributed by atoms with E-state index in [0.29, 0.717) is 18.8 Å². The lowest BCUT2D eigenvalue weighted by molar-refractivity contribution is -0.146. The van der Waals surface area contributed by atoms with Gasteiger partial charge in [-0.2, -0.15) is 0 Å².